The number of anilines is 6. The molecule has 0 saturated carbocycles. The summed E-state index contributed by atoms with van der Waals surface area (Å²) in [7, 11) is 0. The number of benzene rings is 7. The third-order valence-corrected chi connectivity index (χ3v) is 16.0. The van der Waals surface area contributed by atoms with Gasteiger partial charge >= 0.3 is 0 Å². The molecule has 11 rings (SSSR count). The highest BCUT2D eigenvalue weighted by atomic mass is 32.1. The van der Waals surface area contributed by atoms with Crippen LogP contribution in [0.2, 0.25) is 0 Å². The molecule has 2 aliphatic rings. The Morgan fingerprint density at radius 3 is 1.71 bits per heavy atom. The van der Waals surface area contributed by atoms with Gasteiger partial charge in [-0.15, -0.1) is 11.3 Å². The minimum Gasteiger partial charge on any atom is -0.468 e. The van der Waals surface area contributed by atoms with Crippen LogP contribution in [0.1, 0.15) is 116 Å². The van der Waals surface area contributed by atoms with Crippen LogP contribution in [0.25, 0.3) is 42.6 Å². The van der Waals surface area contributed by atoms with Gasteiger partial charge in [0.1, 0.15) is 5.58 Å². The molecule has 5 heteroatoms. The second-order valence-corrected chi connectivity index (χ2v) is 25.1. The van der Waals surface area contributed by atoms with Crippen molar-refractivity contribution in [3.05, 3.63) is 173 Å². The lowest BCUT2D eigenvalue weighted by atomic mass is 9.35. The Bertz CT molecular complexity index is 3470. The monoisotopic (exact) mass is 920 g/mol. The van der Waals surface area contributed by atoms with E-state index in [1.165, 1.54) is 98.7 Å². The minimum absolute atomic E-state index is 0.000625. The first-order valence-electron chi connectivity index (χ1n) is 24.9. The number of hydrogen-bond acceptors (Lipinski definition) is 4. The van der Waals surface area contributed by atoms with Gasteiger partial charge in [0.25, 0.3) is 6.71 Å². The Morgan fingerprint density at radius 1 is 0.464 bits per heavy atom. The molecule has 0 spiro atoms. The van der Waals surface area contributed by atoms with Crippen LogP contribution >= 0.6 is 11.3 Å². The van der Waals surface area contributed by atoms with Crippen LogP contribution in [0, 0.1) is 13.8 Å². The second-order valence-electron chi connectivity index (χ2n) is 24.0. The van der Waals surface area contributed by atoms with Gasteiger partial charge in [-0.05, 0) is 151 Å². The molecule has 4 heterocycles. The first kappa shape index (κ1) is 45.2. The summed E-state index contributed by atoms with van der Waals surface area (Å²) in [5.74, 6) is 0. The summed E-state index contributed by atoms with van der Waals surface area (Å²) >= 11 is 1.87. The zero-order valence-corrected chi connectivity index (χ0v) is 43.9. The maximum absolute atomic E-state index is 7.46. The average Bonchev–Trinajstić information content (AvgIpc) is 3.90. The van der Waals surface area contributed by atoms with Gasteiger partial charge in [0, 0.05) is 37.6 Å². The highest BCUT2D eigenvalue weighted by Gasteiger charge is 2.48. The normalized spacial score (nSPS) is 13.9. The van der Waals surface area contributed by atoms with Crippen molar-refractivity contribution in [3.63, 3.8) is 0 Å². The van der Waals surface area contributed by atoms with Crippen LogP contribution in [0.3, 0.4) is 0 Å². The van der Waals surface area contributed by atoms with Gasteiger partial charge in [-0.2, -0.15) is 0 Å². The van der Waals surface area contributed by atoms with E-state index in [-0.39, 0.29) is 28.4 Å². The van der Waals surface area contributed by atoms with E-state index in [4.69, 9.17) is 4.42 Å². The third kappa shape index (κ3) is 7.46. The van der Waals surface area contributed by atoms with E-state index in [2.05, 4.69) is 246 Å². The maximum Gasteiger partial charge on any atom is 0.297 e. The third-order valence-electron chi connectivity index (χ3n) is 14.9. The average molecular weight is 921 g/mol. The largest absolute Gasteiger partial charge is 0.468 e. The maximum atomic E-state index is 7.46. The molecule has 0 aliphatic carbocycles. The predicted molar refractivity (Wildman–Crippen MR) is 301 cm³/mol. The lowest BCUT2D eigenvalue weighted by Crippen LogP contribution is -2.61. The van der Waals surface area contributed by atoms with Gasteiger partial charge in [-0.3, -0.25) is 0 Å². The van der Waals surface area contributed by atoms with Crippen molar-refractivity contribution >= 4 is 89.8 Å². The molecule has 0 atom stereocenters. The van der Waals surface area contributed by atoms with Gasteiger partial charge in [-0.25, -0.2) is 0 Å². The van der Waals surface area contributed by atoms with Crippen LogP contribution in [-0.4, -0.2) is 6.71 Å². The number of fused-ring (bicyclic) bond motifs is 7. The number of nitrogens with zero attached hydrogens (tertiary/aromatic N) is 2. The molecule has 7 aromatic carbocycles. The van der Waals surface area contributed by atoms with Crippen LogP contribution in [0.15, 0.2) is 144 Å². The molecule has 0 bridgehead atoms. The molecule has 0 radical (unpaired) electrons. The molecule has 0 saturated heterocycles. The minimum atomic E-state index is -0.174. The summed E-state index contributed by atoms with van der Waals surface area (Å²) in [6.07, 6.45) is 0. The molecule has 69 heavy (non-hydrogen) atoms. The van der Waals surface area contributed by atoms with Crippen molar-refractivity contribution in [1.29, 1.82) is 0 Å². The fourth-order valence-corrected chi connectivity index (χ4v) is 12.0. The van der Waals surface area contributed by atoms with Crippen LogP contribution < -0.4 is 26.4 Å². The molecule has 2 aromatic heterocycles. The van der Waals surface area contributed by atoms with E-state index in [1.807, 2.05) is 11.3 Å². The highest BCUT2D eigenvalue weighted by molar-refractivity contribution is 7.22. The summed E-state index contributed by atoms with van der Waals surface area (Å²) in [4.78, 5) is 6.50. The molecule has 0 amide bonds. The first-order chi connectivity index (χ1) is 32.6. The Morgan fingerprint density at radius 2 is 1.06 bits per heavy atom. The molecule has 0 fully saturated rings. The Balaban J connectivity index is 1.30. The second kappa shape index (κ2) is 15.6. The van der Waals surface area contributed by atoms with Crippen molar-refractivity contribution in [2.45, 2.75) is 119 Å². The number of thiophene rings is 1. The zero-order valence-electron chi connectivity index (χ0n) is 43.1. The van der Waals surface area contributed by atoms with Gasteiger partial charge in [0.15, 0.2) is 0 Å². The van der Waals surface area contributed by atoms with Gasteiger partial charge in [-0.1, -0.05) is 168 Å². The number of rotatable bonds is 4. The summed E-state index contributed by atoms with van der Waals surface area (Å²) in [5.41, 5.74) is 22.6. The van der Waals surface area contributed by atoms with Crippen molar-refractivity contribution < 1.29 is 4.42 Å². The molecular weight excluding hydrogens is 856 g/mol. The lowest BCUT2D eigenvalue weighted by Gasteiger charge is -2.44. The van der Waals surface area contributed by atoms with Crippen LogP contribution in [-0.2, 0) is 21.7 Å². The van der Waals surface area contributed by atoms with Crippen molar-refractivity contribution in [2.75, 3.05) is 9.80 Å². The Hall–Kier alpha value is -6.30. The van der Waals surface area contributed by atoms with E-state index >= 15 is 0 Å². The number of hydrogen-bond donors (Lipinski definition) is 0. The molecule has 3 nitrogen and oxygen atoms in total. The van der Waals surface area contributed by atoms with E-state index < -0.39 is 0 Å². The zero-order chi connectivity index (χ0) is 48.7. The fraction of sp³-hybridized carbons (Fsp3) is 0.281. The topological polar surface area (TPSA) is 19.6 Å². The molecule has 0 N–H and O–H groups in total. The molecular formula is C64H65BN2OS. The number of aryl methyl sites for hydroxylation is 2. The van der Waals surface area contributed by atoms with E-state index in [0.29, 0.717) is 0 Å². The summed E-state index contributed by atoms with van der Waals surface area (Å²) in [5, 5.41) is 2.43. The van der Waals surface area contributed by atoms with Crippen LogP contribution in [0.4, 0.5) is 34.1 Å². The summed E-state index contributed by atoms with van der Waals surface area (Å²) in [6.45, 7) is 32.4. The fourth-order valence-electron chi connectivity index (χ4n) is 10.9. The van der Waals surface area contributed by atoms with E-state index in [1.54, 1.807) is 0 Å². The SMILES string of the molecule is Cc1cc(C(C)(C)C)cc(C)c1N1c2cc(C(C)(C)C)cc3c2B(c2ccc(-c4cc5ccccc5s4)cc2N3c2ccc(C(C)(C)C)cc2-c2ccccc2)c2oc3ccc(C(C)(C)C)cc3c21. The van der Waals surface area contributed by atoms with Gasteiger partial charge < -0.3 is 14.2 Å². The lowest BCUT2D eigenvalue weighted by molar-refractivity contribution is 0.589. The van der Waals surface area contributed by atoms with Gasteiger partial charge in [0.05, 0.1) is 22.7 Å². The van der Waals surface area contributed by atoms with Crippen molar-refractivity contribution in [3.8, 4) is 21.6 Å². The van der Waals surface area contributed by atoms with E-state index in [0.717, 1.165) is 28.0 Å². The van der Waals surface area contributed by atoms with Gasteiger partial charge in [0.2, 0.25) is 0 Å². The standard InChI is InChI=1S/C64H65BN2OS/c1-38-30-45(63(9,10)11)31-39(2)58(38)67-53-37-46(64(12,13)14)36-52-57(53)65(60-59(67)48-35-44(62(6,7)8)26-29-54(48)68-60)49-27-24-42(56-33-41-22-18-19-23-55(41)69-56)32-51(49)66(52)50-28-25-43(61(3,4)5)34-47(50)40-20-16-15-17-21-40/h15-37H,1-14H3. The molecule has 9 aromatic rings. The van der Waals surface area contributed by atoms with Crippen molar-refractivity contribution in [2.24, 2.45) is 0 Å². The predicted octanol–water partition coefficient (Wildman–Crippen LogP) is 16.9. The quantitative estimate of drug-likeness (QED) is 0.164. The highest BCUT2D eigenvalue weighted by Crippen LogP contribution is 2.52. The summed E-state index contributed by atoms with van der Waals surface area (Å²) < 4.78 is 8.75. The molecule has 0 unspecified atom stereocenters. The number of furan rings is 1. The van der Waals surface area contributed by atoms with Crippen molar-refractivity contribution in [1.82, 2.24) is 0 Å². The van der Waals surface area contributed by atoms with Crippen LogP contribution in [0.5, 0.6) is 0 Å². The molecule has 2 aliphatic heterocycles. The van der Waals surface area contributed by atoms with E-state index in [9.17, 15) is 0 Å². The smallest absolute Gasteiger partial charge is 0.297 e. The Kier molecular flexibility index (Phi) is 10.2. The first-order valence-corrected chi connectivity index (χ1v) is 25.7. The Labute approximate surface area is 414 Å². The summed E-state index contributed by atoms with van der Waals surface area (Å²) in [6, 6.07) is 53.4. The molecule has 346 valence electrons.